The number of urea groups is 1. The van der Waals surface area contributed by atoms with Crippen molar-refractivity contribution >= 4 is 43.8 Å². The van der Waals surface area contributed by atoms with Crippen molar-refractivity contribution in [3.8, 4) is 27.8 Å². The minimum atomic E-state index is -2.95. The number of rotatable bonds is 3. The Labute approximate surface area is 193 Å². The molecule has 2 N–H and O–H groups in total. The molecule has 8 nitrogen and oxygen atoms in total. The van der Waals surface area contributed by atoms with E-state index in [9.17, 15) is 14.3 Å². The first-order valence-corrected chi connectivity index (χ1v) is 12.0. The van der Waals surface area contributed by atoms with Crippen LogP contribution >= 0.6 is 22.9 Å². The van der Waals surface area contributed by atoms with E-state index in [0.29, 0.717) is 27.1 Å². The van der Waals surface area contributed by atoms with Crippen LogP contribution in [0.15, 0.2) is 59.6 Å². The number of hydrogen-bond donors (Lipinski definition) is 2. The smallest absolute Gasteiger partial charge is 0.283 e. The van der Waals surface area contributed by atoms with E-state index in [-0.39, 0.29) is 0 Å². The molecule has 2 amide bonds. The Balaban J connectivity index is 1.75. The van der Waals surface area contributed by atoms with Gasteiger partial charge < -0.3 is 0 Å². The average molecular weight is 483 g/mol. The van der Waals surface area contributed by atoms with E-state index in [0.717, 1.165) is 27.0 Å². The van der Waals surface area contributed by atoms with Gasteiger partial charge in [-0.1, -0.05) is 35.1 Å². The summed E-state index contributed by atoms with van der Waals surface area (Å²) in [5.41, 5.74) is 3.30. The first kappa shape index (κ1) is 21.7. The number of nitrogens with zero attached hydrogens (tertiary/aromatic N) is 4. The van der Waals surface area contributed by atoms with Crippen molar-refractivity contribution in [2.75, 3.05) is 5.32 Å². The summed E-state index contributed by atoms with van der Waals surface area (Å²) in [5.74, 6) is 0. The Kier molecular flexibility index (Phi) is 5.80. The van der Waals surface area contributed by atoms with E-state index in [4.69, 9.17) is 16.4 Å². The Morgan fingerprint density at radius 2 is 1.97 bits per heavy atom. The van der Waals surface area contributed by atoms with Crippen molar-refractivity contribution < 1.29 is 9.00 Å². The molecule has 0 saturated carbocycles. The lowest BCUT2D eigenvalue weighted by atomic mass is 10.1. The molecular formula is C21H15ClN6O2S2. The van der Waals surface area contributed by atoms with E-state index in [2.05, 4.69) is 21.4 Å². The molecule has 0 unspecified atom stereocenters. The third-order valence-corrected chi connectivity index (χ3v) is 6.64. The third kappa shape index (κ3) is 4.70. The molecule has 3 aromatic rings. The number of nitriles is 1. The Hall–Kier alpha value is -3.52. The number of carbonyl (C=O) groups excluding carboxylic acids is 1. The number of carbonyl (C=O) groups is 1. The van der Waals surface area contributed by atoms with Gasteiger partial charge in [-0.3, -0.25) is 10.2 Å². The molecule has 0 atom stereocenters. The quantitative estimate of drug-likeness (QED) is 0.474. The number of hydrogen-bond acceptors (Lipinski definition) is 7. The fourth-order valence-corrected chi connectivity index (χ4v) is 4.89. The predicted molar refractivity (Wildman–Crippen MR) is 125 cm³/mol. The Bertz CT molecular complexity index is 1400. The molecule has 32 heavy (non-hydrogen) atoms. The summed E-state index contributed by atoms with van der Waals surface area (Å²) in [6.07, 6.45) is 2.56. The second-order valence-corrected chi connectivity index (χ2v) is 9.99. The zero-order chi connectivity index (χ0) is 22.9. The molecule has 1 aromatic carbocycles. The monoisotopic (exact) mass is 482 g/mol. The van der Waals surface area contributed by atoms with Crippen LogP contribution < -0.4 is 5.32 Å². The largest absolute Gasteiger partial charge is 0.331 e. The molecule has 0 radical (unpaired) electrons. The molecule has 0 aliphatic carbocycles. The fourth-order valence-electron chi connectivity index (χ4n) is 2.96. The molecule has 11 heteroatoms. The number of aryl methyl sites for hydroxylation is 1. The van der Waals surface area contributed by atoms with E-state index in [1.165, 1.54) is 28.6 Å². The molecular weight excluding hydrogens is 468 g/mol. The van der Waals surface area contributed by atoms with E-state index in [1.54, 1.807) is 24.3 Å². The van der Waals surface area contributed by atoms with Crippen LogP contribution in [0, 0.1) is 23.0 Å². The summed E-state index contributed by atoms with van der Waals surface area (Å²) in [6.45, 7) is 1.83. The molecule has 160 valence electrons. The summed E-state index contributed by atoms with van der Waals surface area (Å²) < 4.78 is 19.2. The number of nitrogens with one attached hydrogen (secondary N) is 2. The van der Waals surface area contributed by atoms with Crippen LogP contribution in [-0.2, 0) is 9.73 Å². The maximum Gasteiger partial charge on any atom is 0.331 e. The van der Waals surface area contributed by atoms with Crippen molar-refractivity contribution in [3.63, 3.8) is 0 Å². The second kappa shape index (κ2) is 8.55. The lowest BCUT2D eigenvalue weighted by molar-refractivity contribution is 0.239. The standard InChI is InChI=1S/C21H15ClN6O2S2/c1-13-9-16(11-17(22)25-13)19-18(15-4-2-3-14(10-15)12-23)26-20(31-19)27-21(29)28-5-7-32(24,30)8-6-28/h2-11,24H,1H3,(H,26,27,29). The van der Waals surface area contributed by atoms with Crippen LogP contribution in [0.25, 0.3) is 21.7 Å². The van der Waals surface area contributed by atoms with Gasteiger partial charge in [-0.05, 0) is 36.8 Å². The fraction of sp³-hybridized carbons (Fsp3) is 0.0476. The van der Waals surface area contributed by atoms with Gasteiger partial charge in [-0.25, -0.2) is 23.8 Å². The average Bonchev–Trinajstić information content (AvgIpc) is 3.17. The topological polar surface area (TPSA) is 123 Å². The van der Waals surface area contributed by atoms with Crippen molar-refractivity contribution in [1.29, 1.82) is 10.0 Å². The molecule has 1 aliphatic heterocycles. The molecule has 4 rings (SSSR count). The zero-order valence-electron chi connectivity index (χ0n) is 16.6. The molecule has 0 spiro atoms. The van der Waals surface area contributed by atoms with E-state index < -0.39 is 15.8 Å². The summed E-state index contributed by atoms with van der Waals surface area (Å²) >= 11 is 7.41. The SMILES string of the molecule is Cc1cc(-c2sc(NC(=O)N3C=CS(=N)(=O)C=C3)nc2-c2cccc(C#N)c2)cc(Cl)n1. The minimum Gasteiger partial charge on any atom is -0.283 e. The number of anilines is 1. The van der Waals surface area contributed by atoms with Crippen LogP contribution in [-0.4, -0.2) is 25.1 Å². The number of thiazole rings is 1. The van der Waals surface area contributed by atoms with Gasteiger partial charge in [0.25, 0.3) is 0 Å². The molecule has 2 aromatic heterocycles. The van der Waals surface area contributed by atoms with Crippen molar-refractivity contribution in [2.45, 2.75) is 6.92 Å². The van der Waals surface area contributed by atoms with Crippen LogP contribution in [0.5, 0.6) is 0 Å². The van der Waals surface area contributed by atoms with Crippen LogP contribution in [0.2, 0.25) is 5.15 Å². The minimum absolute atomic E-state index is 0.326. The van der Waals surface area contributed by atoms with Gasteiger partial charge >= 0.3 is 6.03 Å². The number of halogens is 1. The Morgan fingerprint density at radius 1 is 1.22 bits per heavy atom. The first-order chi connectivity index (χ1) is 15.2. The maximum atomic E-state index is 12.6. The van der Waals surface area contributed by atoms with Crippen molar-refractivity contribution in [3.05, 3.63) is 76.0 Å². The molecule has 3 heterocycles. The zero-order valence-corrected chi connectivity index (χ0v) is 19.0. The van der Waals surface area contributed by atoms with Crippen molar-refractivity contribution in [1.82, 2.24) is 14.9 Å². The number of aromatic nitrogens is 2. The van der Waals surface area contributed by atoms with Gasteiger partial charge in [0.2, 0.25) is 0 Å². The highest BCUT2D eigenvalue weighted by Crippen LogP contribution is 2.40. The van der Waals surface area contributed by atoms with Gasteiger partial charge in [0, 0.05) is 34.5 Å². The molecule has 0 fully saturated rings. The van der Waals surface area contributed by atoms with Gasteiger partial charge in [0.05, 0.1) is 31.9 Å². The second-order valence-electron chi connectivity index (χ2n) is 6.76. The Morgan fingerprint density at radius 3 is 2.66 bits per heavy atom. The first-order valence-electron chi connectivity index (χ1n) is 9.14. The predicted octanol–water partition coefficient (Wildman–Crippen LogP) is 5.54. The van der Waals surface area contributed by atoms with Gasteiger partial charge in [-0.15, -0.1) is 0 Å². The van der Waals surface area contributed by atoms with Gasteiger partial charge in [-0.2, -0.15) is 5.26 Å². The number of amides is 2. The molecule has 0 saturated heterocycles. The maximum absolute atomic E-state index is 12.6. The van der Waals surface area contributed by atoms with Gasteiger partial charge in [0.15, 0.2) is 5.13 Å². The summed E-state index contributed by atoms with van der Waals surface area (Å²) in [5, 5.41) is 15.0. The number of pyridine rings is 1. The highest BCUT2D eigenvalue weighted by atomic mass is 35.5. The summed E-state index contributed by atoms with van der Waals surface area (Å²) in [7, 11) is -2.95. The third-order valence-electron chi connectivity index (χ3n) is 4.37. The summed E-state index contributed by atoms with van der Waals surface area (Å²) in [4.78, 5) is 23.4. The summed E-state index contributed by atoms with van der Waals surface area (Å²) in [6, 6.07) is 12.2. The van der Waals surface area contributed by atoms with Crippen molar-refractivity contribution in [2.24, 2.45) is 0 Å². The van der Waals surface area contributed by atoms with E-state index >= 15 is 0 Å². The lowest BCUT2D eigenvalue weighted by Gasteiger charge is -2.16. The van der Waals surface area contributed by atoms with Crippen LogP contribution in [0.3, 0.4) is 0 Å². The van der Waals surface area contributed by atoms with Gasteiger partial charge in [0.1, 0.15) is 5.15 Å². The van der Waals surface area contributed by atoms with Crippen LogP contribution in [0.1, 0.15) is 11.3 Å². The molecule has 1 aliphatic rings. The number of benzene rings is 1. The lowest BCUT2D eigenvalue weighted by Crippen LogP contribution is -2.27. The van der Waals surface area contributed by atoms with E-state index in [1.807, 2.05) is 19.1 Å². The highest BCUT2D eigenvalue weighted by molar-refractivity contribution is 7.98. The molecule has 0 bridgehead atoms. The highest BCUT2D eigenvalue weighted by Gasteiger charge is 2.20. The van der Waals surface area contributed by atoms with Crippen LogP contribution in [0.4, 0.5) is 9.93 Å². The normalized spacial score (nSPS) is 14.2.